The highest BCUT2D eigenvalue weighted by Gasteiger charge is 2.50. The summed E-state index contributed by atoms with van der Waals surface area (Å²) >= 11 is 0. The number of benzene rings is 1. The highest BCUT2D eigenvalue weighted by Crippen LogP contribution is 2.58. The van der Waals surface area contributed by atoms with Crippen molar-refractivity contribution in [3.8, 4) is 0 Å². The summed E-state index contributed by atoms with van der Waals surface area (Å²) in [5.41, 5.74) is 5.78. The molecule has 0 saturated heterocycles. The van der Waals surface area contributed by atoms with Crippen LogP contribution in [0.4, 0.5) is 5.69 Å². The van der Waals surface area contributed by atoms with Gasteiger partial charge in [0.2, 0.25) is 5.91 Å². The van der Waals surface area contributed by atoms with Gasteiger partial charge < -0.3 is 5.32 Å². The third kappa shape index (κ3) is 3.23. The predicted molar refractivity (Wildman–Crippen MR) is 112 cm³/mol. The Kier molecular flexibility index (Phi) is 5.03. The Morgan fingerprint density at radius 1 is 1.15 bits per heavy atom. The number of ketones is 1. The first kappa shape index (κ1) is 20.1. The van der Waals surface area contributed by atoms with Crippen molar-refractivity contribution in [2.24, 2.45) is 11.3 Å². The molecule has 2 atom stereocenters. The lowest BCUT2D eigenvalue weighted by Gasteiger charge is -2.55. The fourth-order valence-corrected chi connectivity index (χ4v) is 6.27. The van der Waals surface area contributed by atoms with Crippen LogP contribution in [0.3, 0.4) is 0 Å². The van der Waals surface area contributed by atoms with Gasteiger partial charge in [-0.2, -0.15) is 0 Å². The van der Waals surface area contributed by atoms with Gasteiger partial charge in [-0.05, 0) is 78.0 Å². The van der Waals surface area contributed by atoms with Crippen molar-refractivity contribution in [1.82, 2.24) is 0 Å². The molecule has 1 N–H and O–H groups in total. The van der Waals surface area contributed by atoms with Crippen molar-refractivity contribution < 1.29 is 9.59 Å². The molecule has 2 aliphatic carbocycles. The van der Waals surface area contributed by atoms with Gasteiger partial charge in [-0.15, -0.1) is 0 Å². The van der Waals surface area contributed by atoms with Gasteiger partial charge >= 0.3 is 0 Å². The van der Waals surface area contributed by atoms with Gasteiger partial charge in [-0.3, -0.25) is 9.59 Å². The van der Waals surface area contributed by atoms with E-state index in [4.69, 9.17) is 0 Å². The molecule has 0 bridgehead atoms. The van der Waals surface area contributed by atoms with E-state index in [1.54, 1.807) is 6.92 Å². The van der Waals surface area contributed by atoms with E-state index >= 15 is 0 Å². The van der Waals surface area contributed by atoms with Gasteiger partial charge in [0.1, 0.15) is 0 Å². The molecule has 0 heterocycles. The van der Waals surface area contributed by atoms with Crippen LogP contribution >= 0.6 is 0 Å². The minimum absolute atomic E-state index is 0.0431. The maximum atomic E-state index is 12.6. The lowest BCUT2D eigenvalue weighted by Crippen LogP contribution is -2.48. The first-order chi connectivity index (χ1) is 12.5. The number of nitrogens with one attached hydrogen (secondary N) is 1. The van der Waals surface area contributed by atoms with Crippen LogP contribution < -0.4 is 5.32 Å². The fourth-order valence-electron chi connectivity index (χ4n) is 6.27. The molecule has 1 saturated carbocycles. The SMILES string of the molecule is CC(=O)Nc1cc2c(c(C(C)C)c1C(C)=O)CC[C@H]1C(C)(C)CCC[C@]21C. The van der Waals surface area contributed by atoms with E-state index in [9.17, 15) is 9.59 Å². The van der Waals surface area contributed by atoms with Crippen molar-refractivity contribution in [3.63, 3.8) is 0 Å². The van der Waals surface area contributed by atoms with Gasteiger partial charge in [-0.25, -0.2) is 0 Å². The normalized spacial score (nSPS) is 26.3. The highest BCUT2D eigenvalue weighted by atomic mass is 16.1. The molecule has 2 aliphatic rings. The van der Waals surface area contributed by atoms with Crippen LogP contribution in [0, 0.1) is 11.3 Å². The van der Waals surface area contributed by atoms with Crippen molar-refractivity contribution in [1.29, 1.82) is 0 Å². The zero-order valence-corrected chi connectivity index (χ0v) is 18.1. The lowest BCUT2D eigenvalue weighted by molar-refractivity contribution is -0.114. The van der Waals surface area contributed by atoms with Crippen molar-refractivity contribution in [3.05, 3.63) is 28.3 Å². The summed E-state index contributed by atoms with van der Waals surface area (Å²) in [4.78, 5) is 24.5. The third-order valence-corrected chi connectivity index (χ3v) is 7.25. The van der Waals surface area contributed by atoms with Gasteiger partial charge in [0.25, 0.3) is 0 Å². The minimum Gasteiger partial charge on any atom is -0.326 e. The monoisotopic (exact) mass is 369 g/mol. The van der Waals surface area contributed by atoms with Crippen LogP contribution in [-0.2, 0) is 16.6 Å². The van der Waals surface area contributed by atoms with Crippen LogP contribution in [0.5, 0.6) is 0 Å². The second-order valence-corrected chi connectivity index (χ2v) is 9.98. The van der Waals surface area contributed by atoms with E-state index in [1.165, 1.54) is 43.7 Å². The first-order valence-corrected chi connectivity index (χ1v) is 10.5. The topological polar surface area (TPSA) is 46.2 Å². The van der Waals surface area contributed by atoms with E-state index in [0.29, 0.717) is 17.0 Å². The molecule has 27 heavy (non-hydrogen) atoms. The molecule has 3 heteroatoms. The number of amides is 1. The van der Waals surface area contributed by atoms with Crippen molar-refractivity contribution in [2.45, 2.75) is 91.9 Å². The number of hydrogen-bond donors (Lipinski definition) is 1. The largest absolute Gasteiger partial charge is 0.326 e. The van der Waals surface area contributed by atoms with Gasteiger partial charge in [0.05, 0.1) is 5.69 Å². The zero-order valence-electron chi connectivity index (χ0n) is 18.1. The van der Waals surface area contributed by atoms with E-state index in [1.807, 2.05) is 0 Å². The molecule has 3 nitrogen and oxygen atoms in total. The van der Waals surface area contributed by atoms with Crippen LogP contribution in [0.2, 0.25) is 0 Å². The summed E-state index contributed by atoms with van der Waals surface area (Å²) in [6.07, 6.45) is 5.93. The molecule has 3 rings (SSSR count). The number of fused-ring (bicyclic) bond motifs is 3. The average molecular weight is 370 g/mol. The van der Waals surface area contributed by atoms with Gasteiger partial charge in [-0.1, -0.05) is 41.0 Å². The van der Waals surface area contributed by atoms with E-state index < -0.39 is 0 Å². The molecule has 0 radical (unpaired) electrons. The van der Waals surface area contributed by atoms with E-state index in [-0.39, 0.29) is 23.0 Å². The molecule has 1 fully saturated rings. The summed E-state index contributed by atoms with van der Waals surface area (Å²) < 4.78 is 0. The Bertz CT molecular complexity index is 790. The van der Waals surface area contributed by atoms with Crippen LogP contribution in [0.1, 0.15) is 107 Å². The standard InChI is InChI=1S/C24H35NO2/c1-14(2)21-17-9-10-20-23(5,6)11-8-12-24(20,7)18(17)13-19(25-16(4)27)22(21)15(3)26/h13-14,20H,8-12H2,1-7H3,(H,25,27)/t20-,24+/m0/s1. The number of rotatable bonds is 3. The minimum atomic E-state index is -0.117. The number of Topliss-reactive ketones (excluding diaryl/α,β-unsaturated/α-hetero) is 1. The summed E-state index contributed by atoms with van der Waals surface area (Å²) in [6, 6.07) is 2.15. The molecule has 0 spiro atoms. The smallest absolute Gasteiger partial charge is 0.221 e. The van der Waals surface area contributed by atoms with Gasteiger partial charge in [0.15, 0.2) is 5.78 Å². The van der Waals surface area contributed by atoms with Gasteiger partial charge in [0, 0.05) is 12.5 Å². The molecular formula is C24H35NO2. The third-order valence-electron chi connectivity index (χ3n) is 7.25. The summed E-state index contributed by atoms with van der Waals surface area (Å²) in [5, 5.41) is 2.97. The quantitative estimate of drug-likeness (QED) is 0.664. The summed E-state index contributed by atoms with van der Waals surface area (Å²) in [6.45, 7) is 14.7. The summed E-state index contributed by atoms with van der Waals surface area (Å²) in [5.74, 6) is 0.817. The van der Waals surface area contributed by atoms with Crippen molar-refractivity contribution in [2.75, 3.05) is 5.32 Å². The lowest BCUT2D eigenvalue weighted by atomic mass is 9.50. The number of carbonyl (C=O) groups is 2. The fraction of sp³-hybridized carbons (Fsp3) is 0.667. The second kappa shape index (κ2) is 6.76. The first-order valence-electron chi connectivity index (χ1n) is 10.5. The molecule has 0 aromatic heterocycles. The highest BCUT2D eigenvalue weighted by molar-refractivity contribution is 6.05. The molecule has 148 valence electrons. The molecule has 0 aliphatic heterocycles. The molecule has 1 aromatic rings. The van der Waals surface area contributed by atoms with Crippen LogP contribution in [0.25, 0.3) is 0 Å². The number of carbonyl (C=O) groups excluding carboxylic acids is 2. The zero-order chi connectivity index (χ0) is 20.1. The summed E-state index contributed by atoms with van der Waals surface area (Å²) in [7, 11) is 0. The Labute approximate surface area is 164 Å². The number of hydrogen-bond acceptors (Lipinski definition) is 2. The molecular weight excluding hydrogens is 334 g/mol. The second-order valence-electron chi connectivity index (χ2n) is 9.98. The predicted octanol–water partition coefficient (Wildman–Crippen LogP) is 6.00. The van der Waals surface area contributed by atoms with E-state index in [2.05, 4.69) is 46.0 Å². The average Bonchev–Trinajstić information content (AvgIpc) is 2.52. The Morgan fingerprint density at radius 2 is 1.81 bits per heavy atom. The molecule has 1 aromatic carbocycles. The molecule has 0 unspecified atom stereocenters. The van der Waals surface area contributed by atoms with Crippen LogP contribution in [0.15, 0.2) is 6.07 Å². The Balaban J connectivity index is 2.31. The Hall–Kier alpha value is -1.64. The maximum Gasteiger partial charge on any atom is 0.221 e. The van der Waals surface area contributed by atoms with Crippen LogP contribution in [-0.4, -0.2) is 11.7 Å². The molecule has 1 amide bonds. The Morgan fingerprint density at radius 3 is 2.37 bits per heavy atom. The number of anilines is 1. The van der Waals surface area contributed by atoms with Crippen molar-refractivity contribution >= 4 is 17.4 Å². The maximum absolute atomic E-state index is 12.6. The van der Waals surface area contributed by atoms with E-state index in [0.717, 1.165) is 17.5 Å².